The maximum atomic E-state index is 10.5. The predicted octanol–water partition coefficient (Wildman–Crippen LogP) is -3.87. The number of aliphatic hydroxyl groups is 4. The first-order valence-corrected chi connectivity index (χ1v) is 5.83. The summed E-state index contributed by atoms with van der Waals surface area (Å²) in [4.78, 5) is 17.0. The standard InChI is InChI=1S/C6H13O9P.2Na/c7-1-2-3(8)4(9)5(10)6(14-2)15-16(11,12)13;;/h2-10H,1H2,(H2,11,12,13);;/t2-,3-,4+,5-,6?;;/m1../s1. The summed E-state index contributed by atoms with van der Waals surface area (Å²) in [6, 6.07) is 0. The average Bonchev–Trinajstić information content (AvgIpc) is 2.17. The molecule has 0 aromatic heterocycles. The summed E-state index contributed by atoms with van der Waals surface area (Å²) in [5, 5.41) is 36.6. The Balaban J connectivity index is 0. The van der Waals surface area contributed by atoms with Crippen molar-refractivity contribution in [2.45, 2.75) is 30.7 Å². The number of hydrogen-bond donors (Lipinski definition) is 6. The number of phosphoric ester groups is 1. The van der Waals surface area contributed by atoms with Crippen LogP contribution in [0.1, 0.15) is 0 Å². The summed E-state index contributed by atoms with van der Waals surface area (Å²) in [7, 11) is -4.91. The maximum Gasteiger partial charge on any atom is 0.472 e. The summed E-state index contributed by atoms with van der Waals surface area (Å²) in [5.41, 5.74) is 0. The molecule has 98 valence electrons. The molecule has 6 N–H and O–H groups in total. The van der Waals surface area contributed by atoms with Gasteiger partial charge in [-0.25, -0.2) is 4.57 Å². The first-order valence-electron chi connectivity index (χ1n) is 4.30. The van der Waals surface area contributed by atoms with Crippen molar-refractivity contribution in [2.24, 2.45) is 0 Å². The van der Waals surface area contributed by atoms with Gasteiger partial charge in [-0.3, -0.25) is 4.52 Å². The van der Waals surface area contributed by atoms with Gasteiger partial charge in [0.15, 0.2) is 6.29 Å². The van der Waals surface area contributed by atoms with Gasteiger partial charge in [-0.15, -0.1) is 0 Å². The van der Waals surface area contributed by atoms with Gasteiger partial charge in [0.25, 0.3) is 0 Å². The van der Waals surface area contributed by atoms with E-state index in [0.717, 1.165) is 0 Å². The van der Waals surface area contributed by atoms with Gasteiger partial charge >= 0.3 is 7.82 Å². The maximum absolute atomic E-state index is 10.5. The molecule has 12 heteroatoms. The van der Waals surface area contributed by atoms with E-state index in [0.29, 0.717) is 0 Å². The molecule has 0 amide bonds. The zero-order valence-electron chi connectivity index (χ0n) is 9.95. The Morgan fingerprint density at radius 3 is 1.94 bits per heavy atom. The van der Waals surface area contributed by atoms with Crippen molar-refractivity contribution in [3.8, 4) is 0 Å². The van der Waals surface area contributed by atoms with Crippen LogP contribution in [0, 0.1) is 0 Å². The van der Waals surface area contributed by atoms with Crippen molar-refractivity contribution >= 4 is 66.9 Å². The minimum absolute atomic E-state index is 0. The molecule has 1 unspecified atom stereocenters. The molecular formula is C6H13Na2O9P. The first kappa shape index (κ1) is 22.2. The second-order valence-corrected chi connectivity index (χ2v) is 4.49. The molecule has 5 atom stereocenters. The molecule has 9 nitrogen and oxygen atoms in total. The quantitative estimate of drug-likeness (QED) is 0.227. The van der Waals surface area contributed by atoms with Crippen LogP contribution in [0.25, 0.3) is 0 Å². The zero-order chi connectivity index (χ0) is 12.5. The molecular weight excluding hydrogens is 293 g/mol. The van der Waals surface area contributed by atoms with Crippen LogP contribution in [0.4, 0.5) is 0 Å². The third-order valence-corrected chi connectivity index (χ3v) is 2.57. The molecule has 0 saturated carbocycles. The number of rotatable bonds is 3. The molecule has 1 rings (SSSR count). The van der Waals surface area contributed by atoms with E-state index in [1.54, 1.807) is 0 Å². The SMILES string of the molecule is O=P(O)(O)OC1O[C@H](CO)[C@@H](O)[C@H](O)[C@H]1O.[Na].[Na]. The van der Waals surface area contributed by atoms with Gasteiger partial charge in [0, 0.05) is 59.1 Å². The summed E-state index contributed by atoms with van der Waals surface area (Å²) in [5.74, 6) is 0. The van der Waals surface area contributed by atoms with Crippen LogP contribution < -0.4 is 0 Å². The zero-order valence-corrected chi connectivity index (χ0v) is 14.8. The van der Waals surface area contributed by atoms with Gasteiger partial charge in [-0.05, 0) is 0 Å². The first-order chi connectivity index (χ1) is 7.26. The molecule has 0 aliphatic carbocycles. The van der Waals surface area contributed by atoms with E-state index in [9.17, 15) is 19.9 Å². The monoisotopic (exact) mass is 306 g/mol. The fourth-order valence-corrected chi connectivity index (χ4v) is 1.73. The minimum Gasteiger partial charge on any atom is -0.394 e. The Hall–Kier alpha value is 1.91. The molecule has 0 spiro atoms. The van der Waals surface area contributed by atoms with Crippen molar-refractivity contribution < 1.29 is 44.0 Å². The molecule has 0 aromatic carbocycles. The van der Waals surface area contributed by atoms with Crippen LogP contribution in [-0.4, -0.2) is 127 Å². The Labute approximate surface area is 147 Å². The van der Waals surface area contributed by atoms with Crippen LogP contribution in [0.15, 0.2) is 0 Å². The average molecular weight is 306 g/mol. The largest absolute Gasteiger partial charge is 0.472 e. The third kappa shape index (κ3) is 6.13. The van der Waals surface area contributed by atoms with Gasteiger partial charge in [-0.2, -0.15) is 0 Å². The van der Waals surface area contributed by atoms with Crippen molar-refractivity contribution in [2.75, 3.05) is 6.61 Å². The van der Waals surface area contributed by atoms with E-state index in [4.69, 9.17) is 14.9 Å². The second kappa shape index (κ2) is 9.04. The van der Waals surface area contributed by atoms with E-state index < -0.39 is 45.1 Å². The van der Waals surface area contributed by atoms with E-state index in [2.05, 4.69) is 9.26 Å². The summed E-state index contributed by atoms with van der Waals surface area (Å²) < 4.78 is 19.2. The molecule has 1 heterocycles. The van der Waals surface area contributed by atoms with Gasteiger partial charge in [0.2, 0.25) is 0 Å². The molecule has 1 fully saturated rings. The van der Waals surface area contributed by atoms with Gasteiger partial charge in [-0.1, -0.05) is 0 Å². The van der Waals surface area contributed by atoms with E-state index in [1.165, 1.54) is 0 Å². The van der Waals surface area contributed by atoms with Crippen LogP contribution in [-0.2, 0) is 13.8 Å². The van der Waals surface area contributed by atoms with Crippen molar-refractivity contribution in [3.63, 3.8) is 0 Å². The van der Waals surface area contributed by atoms with Crippen LogP contribution >= 0.6 is 7.82 Å². The normalized spacial score (nSPS) is 36.4. The number of phosphoric acid groups is 1. The van der Waals surface area contributed by atoms with E-state index in [-0.39, 0.29) is 59.1 Å². The van der Waals surface area contributed by atoms with Crippen LogP contribution in [0.5, 0.6) is 0 Å². The fourth-order valence-electron chi connectivity index (χ4n) is 1.29. The Morgan fingerprint density at radius 1 is 1.06 bits per heavy atom. The summed E-state index contributed by atoms with van der Waals surface area (Å²) in [6.07, 6.45) is -8.25. The Morgan fingerprint density at radius 2 is 1.56 bits per heavy atom. The Bertz CT molecular complexity index is 284. The number of hydrogen-bond acceptors (Lipinski definition) is 7. The summed E-state index contributed by atoms with van der Waals surface area (Å²) >= 11 is 0. The second-order valence-electron chi connectivity index (χ2n) is 3.29. The molecule has 1 saturated heterocycles. The van der Waals surface area contributed by atoms with E-state index in [1.807, 2.05) is 0 Å². The van der Waals surface area contributed by atoms with Gasteiger partial charge in [0.05, 0.1) is 6.61 Å². The van der Waals surface area contributed by atoms with Crippen LogP contribution in [0.3, 0.4) is 0 Å². The molecule has 0 aromatic rings. The topological polar surface area (TPSA) is 157 Å². The third-order valence-electron chi connectivity index (χ3n) is 2.09. The van der Waals surface area contributed by atoms with Gasteiger partial charge in [0.1, 0.15) is 24.4 Å². The van der Waals surface area contributed by atoms with Gasteiger partial charge < -0.3 is 34.9 Å². The van der Waals surface area contributed by atoms with Crippen molar-refractivity contribution in [1.29, 1.82) is 0 Å². The molecule has 0 bridgehead atoms. The van der Waals surface area contributed by atoms with Crippen molar-refractivity contribution in [3.05, 3.63) is 0 Å². The summed E-state index contributed by atoms with van der Waals surface area (Å²) in [6.45, 7) is -0.702. The molecule has 1 aliphatic heterocycles. The van der Waals surface area contributed by atoms with E-state index >= 15 is 0 Å². The fraction of sp³-hybridized carbons (Fsp3) is 1.00. The molecule has 2 radical (unpaired) electrons. The number of aliphatic hydroxyl groups excluding tert-OH is 4. The van der Waals surface area contributed by atoms with Crippen LogP contribution in [0.2, 0.25) is 0 Å². The number of ether oxygens (including phenoxy) is 1. The van der Waals surface area contributed by atoms with Crippen molar-refractivity contribution in [1.82, 2.24) is 0 Å². The predicted molar refractivity (Wildman–Crippen MR) is 58.4 cm³/mol. The Kier molecular flexibility index (Phi) is 11.1. The smallest absolute Gasteiger partial charge is 0.394 e. The molecule has 18 heavy (non-hydrogen) atoms. The minimum atomic E-state index is -4.91. The molecule has 1 aliphatic rings.